The number of unbranched alkanes of at least 4 members (excludes halogenated alkanes) is 6. The Balaban J connectivity index is 0. The molecule has 0 spiro atoms. The van der Waals surface area contributed by atoms with Gasteiger partial charge >= 0.3 is 11.9 Å². The van der Waals surface area contributed by atoms with Crippen LogP contribution in [0.5, 0.6) is 0 Å². The van der Waals surface area contributed by atoms with Crippen LogP contribution in [0.1, 0.15) is 198 Å². The largest absolute Gasteiger partial charge is 0.480 e. The molecule has 2 aliphatic rings. The Kier molecular flexibility index (Phi) is 47.4. The molecule has 0 aromatic carbocycles. The fourth-order valence-electron chi connectivity index (χ4n) is 9.05. The van der Waals surface area contributed by atoms with Gasteiger partial charge < -0.3 is 73.7 Å². The fourth-order valence-corrected chi connectivity index (χ4v) is 9.05. The Morgan fingerprint density at radius 3 is 0.856 bits per heavy atom. The number of aliphatic carboxylic acids is 1. The number of carbonyl (C=O) groups is 18. The molecule has 35 nitrogen and oxygen atoms in total. The number of hydrogen-bond donors (Lipinski definition) is 14. The minimum atomic E-state index is -1.29. The summed E-state index contributed by atoms with van der Waals surface area (Å²) in [6.07, 6.45) is 13.4. The SMILES string of the molecule is CC(=O)NCCCCC(NC(C)=O)C(=O)NCCCCC(NC(=O)C(CCCCNC(C)=O)NC(C)=O)C(=O)O.CC(=O)NCCCCC(NC(C)=O)C(=O)NCCCCC(NC(=O)C(CCCCNC(C)=O)NC(C)=O)C(=O)ON1C(=O)CCC1=O.O=C1CCC(=O)N1O.[2H]C#C. The summed E-state index contributed by atoms with van der Waals surface area (Å²) in [7, 11) is 0. The number of terminal acetylenes is 1. The molecule has 0 bridgehead atoms. The third kappa shape index (κ3) is 45.4. The number of rotatable bonds is 43. The van der Waals surface area contributed by atoms with Gasteiger partial charge in [0.25, 0.3) is 23.6 Å². The first-order chi connectivity index (χ1) is 46.2. The summed E-state index contributed by atoms with van der Waals surface area (Å²) in [6, 6.07) is -5.85. The van der Waals surface area contributed by atoms with Crippen LogP contribution in [0.2, 0.25) is 0 Å². The van der Waals surface area contributed by atoms with E-state index in [4.69, 9.17) is 11.4 Å². The summed E-state index contributed by atoms with van der Waals surface area (Å²) >= 11 is 0. The van der Waals surface area contributed by atoms with Crippen LogP contribution >= 0.6 is 0 Å². The van der Waals surface area contributed by atoms with E-state index in [1.54, 1.807) is 0 Å². The van der Waals surface area contributed by atoms with Crippen molar-refractivity contribution < 1.29 is 103 Å². The summed E-state index contributed by atoms with van der Waals surface area (Å²) in [6.45, 7) is 12.9. The Morgan fingerprint density at radius 1 is 0.371 bits per heavy atom. The quantitative estimate of drug-likeness (QED) is 0.0139. The molecule has 14 N–H and O–H groups in total. The number of carbonyl (C=O) groups excluding carboxylic acids is 17. The molecule has 6 unspecified atom stereocenters. The monoisotopic (exact) mass is 1380 g/mol. The zero-order valence-electron chi connectivity index (χ0n) is 57.9. The highest BCUT2D eigenvalue weighted by Gasteiger charge is 2.36. The van der Waals surface area contributed by atoms with Crippen molar-refractivity contribution in [3.63, 3.8) is 0 Å². The summed E-state index contributed by atoms with van der Waals surface area (Å²) in [5.41, 5.74) is 0. The van der Waals surface area contributed by atoms with Gasteiger partial charge in [0.15, 0.2) is 0 Å². The van der Waals surface area contributed by atoms with Gasteiger partial charge in [0.2, 0.25) is 70.9 Å². The van der Waals surface area contributed by atoms with Crippen molar-refractivity contribution in [2.75, 3.05) is 39.3 Å². The molecule has 0 aromatic rings. The van der Waals surface area contributed by atoms with E-state index in [2.05, 4.69) is 70.2 Å². The minimum absolute atomic E-state index is 0.0181. The van der Waals surface area contributed by atoms with Gasteiger partial charge in [-0.05, 0) is 116 Å². The molecule has 2 fully saturated rings. The lowest BCUT2D eigenvalue weighted by Crippen LogP contribution is -2.52. The van der Waals surface area contributed by atoms with Crippen molar-refractivity contribution in [1.82, 2.24) is 73.9 Å². The second-order valence-corrected chi connectivity index (χ2v) is 22.6. The second-order valence-electron chi connectivity index (χ2n) is 22.6. The maximum atomic E-state index is 13.2. The topological polar surface area (TPSA) is 508 Å². The van der Waals surface area contributed by atoms with Gasteiger partial charge in [-0.1, -0.05) is 0 Å². The molecule has 16 amide bonds. The molecular formula is C62H102N14O21. The predicted molar refractivity (Wildman–Crippen MR) is 346 cm³/mol. The number of carboxylic acid groups (broad SMARTS) is 1. The van der Waals surface area contributed by atoms with E-state index >= 15 is 0 Å². The van der Waals surface area contributed by atoms with Crippen molar-refractivity contribution in [1.29, 1.82) is 0 Å². The first kappa shape index (κ1) is 87.4. The number of nitrogens with zero attached hydrogens (tertiary/aromatic N) is 2. The highest BCUT2D eigenvalue weighted by molar-refractivity contribution is 6.02. The molecule has 0 aromatic heterocycles. The van der Waals surface area contributed by atoms with Gasteiger partial charge in [0.05, 0.1) is 0 Å². The van der Waals surface area contributed by atoms with Crippen LogP contribution in [0.3, 0.4) is 0 Å². The van der Waals surface area contributed by atoms with Crippen LogP contribution in [0, 0.1) is 12.8 Å². The number of imide groups is 2. The lowest BCUT2D eigenvalue weighted by molar-refractivity contribution is -0.199. The van der Waals surface area contributed by atoms with Gasteiger partial charge in [0, 0.05) is 120 Å². The van der Waals surface area contributed by atoms with Crippen LogP contribution in [-0.4, -0.2) is 202 Å². The molecule has 2 saturated heterocycles. The fraction of sp³-hybridized carbons (Fsp3) is 0.677. The van der Waals surface area contributed by atoms with Crippen LogP contribution in [-0.2, 0) is 91.1 Å². The number of nitrogens with one attached hydrogen (secondary N) is 12. The Bertz CT molecular complexity index is 2700. The van der Waals surface area contributed by atoms with E-state index in [1.807, 2.05) is 0 Å². The molecule has 2 aliphatic heterocycles. The average Bonchev–Trinajstić information content (AvgIpc) is 1.64. The Morgan fingerprint density at radius 2 is 0.608 bits per heavy atom. The van der Waals surface area contributed by atoms with E-state index in [9.17, 15) is 91.4 Å². The zero-order valence-corrected chi connectivity index (χ0v) is 56.9. The highest BCUT2D eigenvalue weighted by atomic mass is 16.7. The zero-order chi connectivity index (χ0) is 74.7. The van der Waals surface area contributed by atoms with Crippen molar-refractivity contribution in [3.8, 4) is 12.8 Å². The third-order valence-electron chi connectivity index (χ3n) is 13.8. The molecule has 2 heterocycles. The Hall–Kier alpha value is -9.62. The molecule has 0 aliphatic carbocycles. The molecule has 35 heteroatoms. The van der Waals surface area contributed by atoms with Gasteiger partial charge in [-0.25, -0.2) is 9.59 Å². The van der Waals surface area contributed by atoms with Crippen molar-refractivity contribution >= 4 is 106 Å². The molecule has 546 valence electrons. The maximum Gasteiger partial charge on any atom is 0.355 e. The number of amides is 16. The van der Waals surface area contributed by atoms with Gasteiger partial charge in [-0.15, -0.1) is 17.9 Å². The van der Waals surface area contributed by atoms with E-state index in [1.165, 1.54) is 61.8 Å². The standard InChI is InChI=1S/C30H49N7O10.C26H46N6O8.C4H5NO3.C2H2/c1-19(38)31-16-8-5-11-23(34-21(3)40)28(44)33-18-10-7-13-25(30(46)47-37-26(42)14-15-27(37)43)36-29(45)24(35-22(4)41)12-6-9-17-32-20(2)39;1-17(33)27-14-8-5-11-21(30-19(3)35)24(37)29-16-10-7-13-23(26(39)40)32-25(38)22(31-20(4)36)12-6-9-15-28-18(2)34;6-3-1-2-4(7)5(3)8;1-2/h23-25H,5-18H2,1-4H3,(H,31,38)(H,32,39)(H,33,44)(H,34,40)(H,35,41)(H,36,45);21-23H,5-16H2,1-4H3,(H,27,33)(H,28,34)(H,29,37)(H,30,35)(H,31,36)(H,32,38)(H,39,40);8H,1-2H2;1-2H/i;;;1D. The van der Waals surface area contributed by atoms with Crippen LogP contribution < -0.4 is 63.8 Å². The van der Waals surface area contributed by atoms with Crippen LogP contribution in [0.15, 0.2) is 0 Å². The van der Waals surface area contributed by atoms with Crippen molar-refractivity contribution in [2.45, 2.75) is 233 Å². The molecular weight excluding hydrogens is 1280 g/mol. The molecule has 0 saturated carbocycles. The van der Waals surface area contributed by atoms with Gasteiger partial charge in [0.1, 0.15) is 37.6 Å². The lowest BCUT2D eigenvalue weighted by Gasteiger charge is -2.23. The molecule has 6 atom stereocenters. The second kappa shape index (κ2) is 52.6. The number of hydrogen-bond acceptors (Lipinski definition) is 20. The number of hydroxylamine groups is 4. The summed E-state index contributed by atoms with van der Waals surface area (Å²) in [5.74, 6) is -8.91. The van der Waals surface area contributed by atoms with E-state index < -0.39 is 101 Å². The first-order valence-electron chi connectivity index (χ1n) is 32.6. The summed E-state index contributed by atoms with van der Waals surface area (Å²) in [4.78, 5) is 216. The maximum absolute atomic E-state index is 13.2. The first-order valence-corrected chi connectivity index (χ1v) is 32.1. The lowest BCUT2D eigenvalue weighted by atomic mass is 10.1. The highest BCUT2D eigenvalue weighted by Crippen LogP contribution is 2.15. The summed E-state index contributed by atoms with van der Waals surface area (Å²) < 4.78 is 5.74. The minimum Gasteiger partial charge on any atom is -0.480 e. The molecule has 2 rings (SSSR count). The van der Waals surface area contributed by atoms with E-state index in [0.717, 1.165) is 0 Å². The average molecular weight is 1380 g/mol. The smallest absolute Gasteiger partial charge is 0.355 e. The van der Waals surface area contributed by atoms with Gasteiger partial charge in [-0.3, -0.25) is 81.9 Å². The van der Waals surface area contributed by atoms with E-state index in [-0.39, 0.29) is 111 Å². The third-order valence-corrected chi connectivity index (χ3v) is 13.8. The van der Waals surface area contributed by atoms with Crippen LogP contribution in [0.4, 0.5) is 0 Å². The summed E-state index contributed by atoms with van der Waals surface area (Å²) in [5, 5.41) is 50.0. The Labute approximate surface area is 566 Å². The van der Waals surface area contributed by atoms with E-state index in [0.29, 0.717) is 121 Å². The normalized spacial score (nSPS) is 14.0. The molecule has 0 radical (unpaired) electrons. The van der Waals surface area contributed by atoms with Gasteiger partial charge in [-0.2, -0.15) is 5.06 Å². The van der Waals surface area contributed by atoms with Crippen LogP contribution in [0.25, 0.3) is 0 Å². The number of carboxylic acids is 1. The van der Waals surface area contributed by atoms with Crippen molar-refractivity contribution in [2.24, 2.45) is 0 Å². The van der Waals surface area contributed by atoms with Crippen molar-refractivity contribution in [3.05, 3.63) is 0 Å². The molecule has 97 heavy (non-hydrogen) atoms. The predicted octanol–water partition coefficient (Wildman–Crippen LogP) is -1.77.